The molecular weight excluding hydrogens is 791 g/mol. The first-order chi connectivity index (χ1) is 30.1. The number of nitrogens with zero attached hydrogens (tertiary/aromatic N) is 5. The fraction of sp³-hybridized carbons (Fsp3) is 0.326. The van der Waals surface area contributed by atoms with Gasteiger partial charge in [-0.1, -0.05) is 66.7 Å². The second-order valence-corrected chi connectivity index (χ2v) is 15.5. The van der Waals surface area contributed by atoms with Gasteiger partial charge in [0.15, 0.2) is 0 Å². The van der Waals surface area contributed by atoms with Gasteiger partial charge in [-0.2, -0.15) is 0 Å². The van der Waals surface area contributed by atoms with Crippen LogP contribution in [0.5, 0.6) is 0 Å². The maximum atomic E-state index is 13.9. The van der Waals surface area contributed by atoms with Gasteiger partial charge < -0.3 is 44.6 Å². The van der Waals surface area contributed by atoms with Crippen LogP contribution < -0.4 is 10.6 Å². The van der Waals surface area contributed by atoms with Crippen LogP contribution in [0.15, 0.2) is 97.3 Å². The number of imidazole rings is 2. The van der Waals surface area contributed by atoms with Gasteiger partial charge in [0.1, 0.15) is 23.7 Å². The van der Waals surface area contributed by atoms with Crippen LogP contribution in [-0.2, 0) is 23.8 Å². The number of aromatic nitrogens is 5. The van der Waals surface area contributed by atoms with Gasteiger partial charge in [-0.15, -0.1) is 0 Å². The monoisotopic (exact) mass is 839 g/mol. The fourth-order valence-corrected chi connectivity index (χ4v) is 8.37. The topological polar surface area (TPSA) is 197 Å². The molecule has 0 radical (unpaired) electrons. The van der Waals surface area contributed by atoms with E-state index in [4.69, 9.17) is 24.2 Å². The maximum Gasteiger partial charge on any atom is 0.407 e. The minimum atomic E-state index is -0.906. The molecular formula is C46H49N9O7. The highest BCUT2D eigenvalue weighted by Crippen LogP contribution is 2.36. The molecule has 2 aliphatic heterocycles. The average molecular weight is 840 g/mol. The van der Waals surface area contributed by atoms with Crippen LogP contribution in [0.2, 0.25) is 0 Å². The number of amides is 4. The molecule has 8 rings (SSSR count). The SMILES string of the molecule is COC(=O)NC(C(=O)N1CCC[C@H]1c1ncc(-c2ccc3nc(-c4ccc(-c5cnc([C@@H]6CCCN6C(=O)[C@H](NC(=O)OC)c6ccccc6)[nH]5)cc4)ccc3c2)[nH]1)[C@@H](C)OC. The molecule has 3 aromatic heterocycles. The third kappa shape index (κ3) is 8.59. The van der Waals surface area contributed by atoms with Crippen molar-refractivity contribution in [3.63, 3.8) is 0 Å². The number of rotatable bonds is 12. The summed E-state index contributed by atoms with van der Waals surface area (Å²) in [4.78, 5) is 76.6. The number of carbonyl (C=O) groups is 4. The molecule has 2 fully saturated rings. The molecule has 0 saturated carbocycles. The summed E-state index contributed by atoms with van der Waals surface area (Å²) >= 11 is 0. The van der Waals surface area contributed by atoms with Crippen molar-refractivity contribution >= 4 is 34.9 Å². The number of fused-ring (bicyclic) bond motifs is 1. The Morgan fingerprint density at radius 2 is 1.27 bits per heavy atom. The summed E-state index contributed by atoms with van der Waals surface area (Å²) in [5.74, 6) is 0.887. The summed E-state index contributed by atoms with van der Waals surface area (Å²) < 4.78 is 15.0. The number of pyridine rings is 1. The highest BCUT2D eigenvalue weighted by Gasteiger charge is 2.39. The van der Waals surface area contributed by atoms with E-state index >= 15 is 0 Å². The first kappa shape index (κ1) is 41.7. The summed E-state index contributed by atoms with van der Waals surface area (Å²) in [6, 6.07) is 25.0. The summed E-state index contributed by atoms with van der Waals surface area (Å²) in [7, 11) is 4.03. The van der Waals surface area contributed by atoms with Gasteiger partial charge in [-0.25, -0.2) is 24.5 Å². The minimum absolute atomic E-state index is 0.221. The number of aromatic amines is 2. The number of hydrogen-bond donors (Lipinski definition) is 4. The van der Waals surface area contributed by atoms with E-state index in [1.807, 2.05) is 78.9 Å². The summed E-state index contributed by atoms with van der Waals surface area (Å²) in [6.07, 6.45) is 4.71. The lowest BCUT2D eigenvalue weighted by molar-refractivity contribution is -0.137. The smallest absolute Gasteiger partial charge is 0.407 e. The van der Waals surface area contributed by atoms with E-state index < -0.39 is 30.4 Å². The zero-order chi connectivity index (χ0) is 43.3. The Kier molecular flexibility index (Phi) is 12.3. The lowest BCUT2D eigenvalue weighted by Gasteiger charge is -2.30. The maximum absolute atomic E-state index is 13.9. The van der Waals surface area contributed by atoms with Crippen molar-refractivity contribution in [2.45, 2.75) is 62.9 Å². The Morgan fingerprint density at radius 3 is 1.90 bits per heavy atom. The Hall–Kier alpha value is -7.07. The molecule has 62 heavy (non-hydrogen) atoms. The Bertz CT molecular complexity index is 2560. The molecule has 0 bridgehead atoms. The quantitative estimate of drug-likeness (QED) is 0.101. The predicted octanol–water partition coefficient (Wildman–Crippen LogP) is 6.87. The number of carbonyl (C=O) groups excluding carboxylic acids is 4. The summed E-state index contributed by atoms with van der Waals surface area (Å²) in [6.45, 7) is 2.81. The van der Waals surface area contributed by atoms with Crippen molar-refractivity contribution in [2.75, 3.05) is 34.4 Å². The number of alkyl carbamates (subject to hydrolysis) is 2. The van der Waals surface area contributed by atoms with Gasteiger partial charge in [0.2, 0.25) is 5.91 Å². The molecule has 5 heterocycles. The molecule has 2 aliphatic rings. The first-order valence-electron chi connectivity index (χ1n) is 20.6. The third-order valence-electron chi connectivity index (χ3n) is 11.8. The van der Waals surface area contributed by atoms with Gasteiger partial charge in [0, 0.05) is 36.7 Å². The molecule has 4 amide bonds. The highest BCUT2D eigenvalue weighted by molar-refractivity contribution is 5.89. The number of likely N-dealkylation sites (tertiary alicyclic amines) is 2. The summed E-state index contributed by atoms with van der Waals surface area (Å²) in [5.41, 5.74) is 6.81. The van der Waals surface area contributed by atoms with Crippen LogP contribution in [0.25, 0.3) is 44.7 Å². The van der Waals surface area contributed by atoms with E-state index in [1.165, 1.54) is 21.3 Å². The molecule has 0 aliphatic carbocycles. The van der Waals surface area contributed by atoms with E-state index in [1.54, 1.807) is 29.1 Å². The normalized spacial score (nSPS) is 17.7. The van der Waals surface area contributed by atoms with Crippen molar-refractivity contribution in [2.24, 2.45) is 0 Å². The number of ether oxygens (including phenoxy) is 3. The Labute approximate surface area is 358 Å². The number of nitrogens with one attached hydrogen (secondary N) is 4. The number of H-pyrrole nitrogens is 2. The lowest BCUT2D eigenvalue weighted by atomic mass is 10.0. The Morgan fingerprint density at radius 1 is 0.694 bits per heavy atom. The zero-order valence-electron chi connectivity index (χ0n) is 35.0. The van der Waals surface area contributed by atoms with E-state index in [-0.39, 0.29) is 23.9 Å². The number of benzene rings is 3. The molecule has 5 atom stereocenters. The van der Waals surface area contributed by atoms with Crippen LogP contribution in [0, 0.1) is 0 Å². The molecule has 1 unspecified atom stereocenters. The molecule has 16 heteroatoms. The number of hydrogen-bond acceptors (Lipinski definition) is 10. The van der Waals surface area contributed by atoms with Crippen molar-refractivity contribution in [1.29, 1.82) is 0 Å². The molecule has 4 N–H and O–H groups in total. The van der Waals surface area contributed by atoms with Crippen molar-refractivity contribution in [1.82, 2.24) is 45.4 Å². The third-order valence-corrected chi connectivity index (χ3v) is 11.8. The van der Waals surface area contributed by atoms with Crippen molar-refractivity contribution < 1.29 is 33.4 Å². The molecule has 2 saturated heterocycles. The first-order valence-corrected chi connectivity index (χ1v) is 20.6. The molecule has 0 spiro atoms. The van der Waals surface area contributed by atoms with E-state index in [9.17, 15) is 19.2 Å². The van der Waals surface area contributed by atoms with E-state index in [0.717, 1.165) is 70.4 Å². The molecule has 3 aromatic carbocycles. The van der Waals surface area contributed by atoms with Gasteiger partial charge in [0.05, 0.1) is 67.4 Å². The molecule has 16 nitrogen and oxygen atoms in total. The van der Waals surface area contributed by atoms with Crippen molar-refractivity contribution in [3.8, 4) is 33.8 Å². The highest BCUT2D eigenvalue weighted by atomic mass is 16.5. The fourth-order valence-electron chi connectivity index (χ4n) is 8.37. The second kappa shape index (κ2) is 18.3. The molecule has 6 aromatic rings. The predicted molar refractivity (Wildman–Crippen MR) is 230 cm³/mol. The number of methoxy groups -OCH3 is 3. The van der Waals surface area contributed by atoms with E-state index in [2.05, 4.69) is 31.7 Å². The average Bonchev–Trinajstić information content (AvgIpc) is 4.17. The van der Waals surface area contributed by atoms with Crippen LogP contribution in [-0.4, -0.2) is 105 Å². The standard InChI is InChI=1S/C46H49N9O7/c1-27(60-2)39(52-45(58)61-3)43(56)54-22-8-12-37(54)42-48-26-36(51-42)32-19-21-34-31(24-32)18-20-33(49-34)28-14-16-29(17-15-28)35-25-47-41(50-35)38-13-9-23-55(38)44(57)40(53-46(59)62-4)30-10-6-5-7-11-30/h5-7,10-11,14-21,24-27,37-40H,8-9,12-13,22-23H2,1-4H3,(H,47,50)(H,48,51)(H,52,58)(H,53,59)/t27-,37+,38+,39?,40-/m1/s1. The largest absolute Gasteiger partial charge is 0.453 e. The Balaban J connectivity index is 0.942. The zero-order valence-corrected chi connectivity index (χ0v) is 35.0. The van der Waals surface area contributed by atoms with Gasteiger partial charge >= 0.3 is 12.2 Å². The van der Waals surface area contributed by atoms with Gasteiger partial charge in [-0.3, -0.25) is 9.59 Å². The van der Waals surface area contributed by atoms with Crippen LogP contribution >= 0.6 is 0 Å². The second-order valence-electron chi connectivity index (χ2n) is 15.5. The van der Waals surface area contributed by atoms with Crippen LogP contribution in [0.4, 0.5) is 9.59 Å². The van der Waals surface area contributed by atoms with E-state index in [0.29, 0.717) is 30.3 Å². The molecule has 320 valence electrons. The van der Waals surface area contributed by atoms with Gasteiger partial charge in [0.25, 0.3) is 5.91 Å². The lowest BCUT2D eigenvalue weighted by Crippen LogP contribution is -2.54. The van der Waals surface area contributed by atoms with Gasteiger partial charge in [-0.05, 0) is 61.9 Å². The van der Waals surface area contributed by atoms with Crippen molar-refractivity contribution in [3.05, 3.63) is 115 Å². The minimum Gasteiger partial charge on any atom is -0.453 e. The van der Waals surface area contributed by atoms with Crippen LogP contribution in [0.3, 0.4) is 0 Å². The summed E-state index contributed by atoms with van der Waals surface area (Å²) in [5, 5.41) is 6.29. The van der Waals surface area contributed by atoms with Crippen LogP contribution in [0.1, 0.15) is 67.9 Å².